The van der Waals surface area contributed by atoms with E-state index in [0.717, 1.165) is 13.8 Å². The van der Waals surface area contributed by atoms with Gasteiger partial charge in [0.05, 0.1) is 32.5 Å². The van der Waals surface area contributed by atoms with Crippen LogP contribution in [0.3, 0.4) is 0 Å². The van der Waals surface area contributed by atoms with Crippen LogP contribution in [0.2, 0.25) is 0 Å². The average molecular weight is 895 g/mol. The van der Waals surface area contributed by atoms with Gasteiger partial charge in [-0.2, -0.15) is 0 Å². The minimum atomic E-state index is -2.08. The van der Waals surface area contributed by atoms with Crippen molar-refractivity contribution >= 4 is 11.8 Å². The third-order valence-corrected chi connectivity index (χ3v) is 11.1. The highest BCUT2D eigenvalue weighted by molar-refractivity contribution is 5.73. The van der Waals surface area contributed by atoms with Gasteiger partial charge in [-0.25, -0.2) is 0 Å². The molecule has 5 saturated heterocycles. The minimum Gasteiger partial charge on any atom is -0.394 e. The maximum absolute atomic E-state index is 12.7. The highest BCUT2D eigenvalue weighted by Crippen LogP contribution is 2.37. The average Bonchev–Trinajstić information content (AvgIpc) is 3.22. The maximum Gasteiger partial charge on any atom is 0.217 e. The molecule has 5 aliphatic heterocycles. The number of hydrogen-bond acceptors (Lipinski definition) is 25. The Morgan fingerprint density at radius 2 is 0.852 bits per heavy atom. The van der Waals surface area contributed by atoms with E-state index in [1.165, 1.54) is 6.92 Å². The van der Waals surface area contributed by atoms with E-state index in [2.05, 4.69) is 10.6 Å². The molecule has 0 aromatic heterocycles. The quantitative estimate of drug-likeness (QED) is 0.0770. The molecule has 0 bridgehead atoms. The molecule has 0 aromatic carbocycles. The summed E-state index contributed by atoms with van der Waals surface area (Å²) in [7, 11) is 0. The van der Waals surface area contributed by atoms with Crippen molar-refractivity contribution in [2.75, 3.05) is 26.4 Å². The van der Waals surface area contributed by atoms with E-state index in [4.69, 9.17) is 42.6 Å². The van der Waals surface area contributed by atoms with Crippen LogP contribution in [0.4, 0.5) is 0 Å². The lowest BCUT2D eigenvalue weighted by Crippen LogP contribution is -2.71. The molecule has 5 rings (SSSR count). The Balaban J connectivity index is 1.57. The van der Waals surface area contributed by atoms with Crippen molar-refractivity contribution in [2.45, 2.75) is 174 Å². The lowest BCUT2D eigenvalue weighted by molar-refractivity contribution is -0.399. The summed E-state index contributed by atoms with van der Waals surface area (Å²) in [5, 5.41) is 154. The van der Waals surface area contributed by atoms with E-state index in [9.17, 15) is 81.1 Å². The van der Waals surface area contributed by atoms with E-state index >= 15 is 0 Å². The van der Waals surface area contributed by atoms with Gasteiger partial charge in [0.25, 0.3) is 0 Å². The normalized spacial score (nSPS) is 49.6. The molecule has 0 aromatic rings. The van der Waals surface area contributed by atoms with Gasteiger partial charge < -0.3 is 125 Å². The molecule has 0 radical (unpaired) electrons. The van der Waals surface area contributed by atoms with Crippen molar-refractivity contribution in [2.24, 2.45) is 0 Å². The Morgan fingerprint density at radius 3 is 1.41 bits per heavy atom. The van der Waals surface area contributed by atoms with E-state index in [0.29, 0.717) is 0 Å². The Kier molecular flexibility index (Phi) is 17.5. The number of aliphatic hydroxyl groups is 14. The lowest BCUT2D eigenvalue weighted by atomic mass is 9.93. The Morgan fingerprint density at radius 1 is 0.426 bits per heavy atom. The Labute approximate surface area is 346 Å². The third-order valence-electron chi connectivity index (χ3n) is 11.1. The van der Waals surface area contributed by atoms with Crippen LogP contribution in [0.1, 0.15) is 20.8 Å². The van der Waals surface area contributed by atoms with Crippen LogP contribution in [-0.4, -0.2) is 263 Å². The zero-order valence-corrected chi connectivity index (χ0v) is 33.0. The molecule has 2 amide bonds. The summed E-state index contributed by atoms with van der Waals surface area (Å²) in [6.07, 6.45) is -42.2. The molecule has 1 unspecified atom stereocenters. The lowest BCUT2D eigenvalue weighted by Gasteiger charge is -2.51. The van der Waals surface area contributed by atoms with Gasteiger partial charge >= 0.3 is 0 Å². The van der Waals surface area contributed by atoms with E-state index < -0.39 is 192 Å². The van der Waals surface area contributed by atoms with Crippen molar-refractivity contribution in [3.63, 3.8) is 0 Å². The second-order valence-electron chi connectivity index (χ2n) is 15.4. The van der Waals surface area contributed by atoms with Gasteiger partial charge in [-0.1, -0.05) is 0 Å². The van der Waals surface area contributed by atoms with Gasteiger partial charge in [-0.05, 0) is 6.92 Å². The number of ether oxygens (including phenoxy) is 9. The van der Waals surface area contributed by atoms with Crippen LogP contribution in [-0.2, 0) is 52.2 Å². The Hall–Kier alpha value is -1.98. The maximum atomic E-state index is 12.7. The number of carbonyl (C=O) groups excluding carboxylic acids is 2. The van der Waals surface area contributed by atoms with Crippen molar-refractivity contribution < 1.29 is 124 Å². The largest absolute Gasteiger partial charge is 0.394 e. The fourth-order valence-corrected chi connectivity index (χ4v) is 7.74. The predicted octanol–water partition coefficient (Wildman–Crippen LogP) is -10.6. The smallest absolute Gasteiger partial charge is 0.217 e. The van der Waals surface area contributed by atoms with Crippen LogP contribution in [0.25, 0.3) is 0 Å². The summed E-state index contributed by atoms with van der Waals surface area (Å²) in [4.78, 5) is 24.9. The summed E-state index contributed by atoms with van der Waals surface area (Å²) >= 11 is 0. The molecule has 5 fully saturated rings. The topological polar surface area (TPSA) is 424 Å². The standard InChI is InChI=1S/C34H58N2O25/c1-8-17(43)23(49)24(50)33(53-8)61-29-28(60-31-15(35-9(2)41)22(48)18(44)11(4-37)55-31)21(47)14(7-40)57-34(29)58-26-16(36-10(3)42)32(56-13(6-39)19(26)45)59-27-20(46)12(5-38)54-30(52)25(27)51/h8,11-34,37-40,43-52H,4-7H2,1-3H3,(H,35,41)(H,36,42)/t8-,11+,12+,13+,14+,15+,16+,17+,18-,19+,20-,21-,22+,23+,24-,25+,26+,27-,28-,29+,30?,31+,32-,33-,34-/m0/s1. The van der Waals surface area contributed by atoms with Gasteiger partial charge in [0.2, 0.25) is 11.8 Å². The SMILES string of the molecule is CC(=O)N[C@H]1[C@@H](O[C@H]2[C@@H](O)[C@@H](CO)O[C@@H](O[C@H]3[C@H](O)[C@@H](CO)O[C@@H](O[C@H]4[C@@H](O)[C@@H](CO)OC(O)[C@@H]4O)[C@@H]3NC(C)=O)[C@@H]2O[C@@H]2O[C@@H](C)[C@@H](O)[C@@H](O)[C@@H]2O)O[C@H](CO)[C@H](O)[C@@H]1O. The number of hydrogen-bond donors (Lipinski definition) is 16. The third kappa shape index (κ3) is 10.8. The van der Waals surface area contributed by atoms with Crippen molar-refractivity contribution in [1.82, 2.24) is 10.6 Å². The molecule has 16 N–H and O–H groups in total. The second-order valence-corrected chi connectivity index (χ2v) is 15.4. The fraction of sp³-hybridized carbons (Fsp3) is 0.941. The summed E-state index contributed by atoms with van der Waals surface area (Å²) in [6.45, 7) is -0.358. The summed E-state index contributed by atoms with van der Waals surface area (Å²) in [5.74, 6) is -1.59. The predicted molar refractivity (Wildman–Crippen MR) is 188 cm³/mol. The zero-order valence-electron chi connectivity index (χ0n) is 33.0. The number of amides is 2. The molecule has 27 nitrogen and oxygen atoms in total. The molecule has 25 atom stereocenters. The highest BCUT2D eigenvalue weighted by Gasteiger charge is 2.58. The zero-order chi connectivity index (χ0) is 45.2. The first kappa shape index (κ1) is 50.0. The molecule has 27 heteroatoms. The first-order valence-electron chi connectivity index (χ1n) is 19.5. The monoisotopic (exact) mass is 894 g/mol. The van der Waals surface area contributed by atoms with Crippen molar-refractivity contribution in [1.29, 1.82) is 0 Å². The van der Waals surface area contributed by atoms with Crippen molar-refractivity contribution in [3.05, 3.63) is 0 Å². The fourth-order valence-electron chi connectivity index (χ4n) is 7.74. The minimum absolute atomic E-state index is 0.763. The molecule has 61 heavy (non-hydrogen) atoms. The first-order valence-corrected chi connectivity index (χ1v) is 19.5. The van der Waals surface area contributed by atoms with Crippen LogP contribution < -0.4 is 10.6 Å². The van der Waals surface area contributed by atoms with Gasteiger partial charge in [0, 0.05) is 13.8 Å². The molecule has 0 aliphatic carbocycles. The van der Waals surface area contributed by atoms with Gasteiger partial charge in [0.1, 0.15) is 116 Å². The molecule has 354 valence electrons. The van der Waals surface area contributed by atoms with Crippen LogP contribution >= 0.6 is 0 Å². The summed E-state index contributed by atoms with van der Waals surface area (Å²) < 4.78 is 52.2. The number of aliphatic hydroxyl groups excluding tert-OH is 14. The van der Waals surface area contributed by atoms with Gasteiger partial charge in [0.15, 0.2) is 31.5 Å². The molecule has 5 aliphatic rings. The summed E-state index contributed by atoms with van der Waals surface area (Å²) in [6, 6.07) is -3.36. The first-order chi connectivity index (χ1) is 28.8. The molecular weight excluding hydrogens is 836 g/mol. The van der Waals surface area contributed by atoms with E-state index in [-0.39, 0.29) is 0 Å². The summed E-state index contributed by atoms with van der Waals surface area (Å²) in [5.41, 5.74) is 0. The molecule has 5 heterocycles. The van der Waals surface area contributed by atoms with Crippen LogP contribution in [0.15, 0.2) is 0 Å². The molecule has 0 spiro atoms. The van der Waals surface area contributed by atoms with Gasteiger partial charge in [-0.15, -0.1) is 0 Å². The highest BCUT2D eigenvalue weighted by atomic mass is 16.8. The van der Waals surface area contributed by atoms with E-state index in [1.54, 1.807) is 0 Å². The van der Waals surface area contributed by atoms with Crippen LogP contribution in [0, 0.1) is 0 Å². The van der Waals surface area contributed by atoms with E-state index in [1.807, 2.05) is 0 Å². The van der Waals surface area contributed by atoms with Crippen LogP contribution in [0.5, 0.6) is 0 Å². The second kappa shape index (κ2) is 21.3. The molecular formula is C34H58N2O25. The Bertz CT molecular complexity index is 1420. The van der Waals surface area contributed by atoms with Gasteiger partial charge in [-0.3, -0.25) is 9.59 Å². The number of nitrogens with one attached hydrogen (secondary N) is 2. The molecule has 0 saturated carbocycles. The van der Waals surface area contributed by atoms with Crippen molar-refractivity contribution in [3.8, 4) is 0 Å². The number of carbonyl (C=O) groups is 2. The number of rotatable bonds is 14.